The van der Waals surface area contributed by atoms with Crippen molar-refractivity contribution in [1.29, 1.82) is 0 Å². The monoisotopic (exact) mass is 555 g/mol. The van der Waals surface area contributed by atoms with Gasteiger partial charge >= 0.3 is 0 Å². The maximum atomic E-state index is 6.61. The molecule has 0 N–H and O–H groups in total. The highest BCUT2D eigenvalue weighted by atomic mass is 16.4. The molecule has 0 unspecified atom stereocenters. The third-order valence-electron chi connectivity index (χ3n) is 15.4. The van der Waals surface area contributed by atoms with Crippen molar-refractivity contribution in [2.24, 2.45) is 57.2 Å². The molecule has 5 aliphatic carbocycles. The van der Waals surface area contributed by atoms with Crippen molar-refractivity contribution in [2.75, 3.05) is 0 Å². The molecule has 2 heterocycles. The summed E-state index contributed by atoms with van der Waals surface area (Å²) in [5, 5.41) is 9.40. The van der Waals surface area contributed by atoms with Gasteiger partial charge in [0.1, 0.15) is 0 Å². The summed E-state index contributed by atoms with van der Waals surface area (Å²) in [6.45, 7) is 22.8. The van der Waals surface area contributed by atoms with Gasteiger partial charge in [-0.2, -0.15) is 0 Å². The summed E-state index contributed by atoms with van der Waals surface area (Å²) in [5.74, 6) is 5.74. The first-order valence-corrected chi connectivity index (χ1v) is 16.8. The van der Waals surface area contributed by atoms with E-state index in [4.69, 9.17) is 9.52 Å². The molecule has 2 aromatic rings. The minimum atomic E-state index is -0.0339. The van der Waals surface area contributed by atoms with Crippen LogP contribution in [0.4, 0.5) is 0 Å². The van der Waals surface area contributed by atoms with Crippen LogP contribution in [0.2, 0.25) is 0 Å². The van der Waals surface area contributed by atoms with Crippen LogP contribution in [0.3, 0.4) is 0 Å². The second-order valence-electron chi connectivity index (χ2n) is 16.8. The highest BCUT2D eigenvalue weighted by Crippen LogP contribution is 2.77. The maximum absolute atomic E-state index is 6.61. The van der Waals surface area contributed by atoms with Crippen LogP contribution in [0.5, 0.6) is 0 Å². The van der Waals surface area contributed by atoms with Crippen LogP contribution in [0.25, 0.3) is 11.5 Å². The summed E-state index contributed by atoms with van der Waals surface area (Å²) in [6, 6.07) is 3.97. The van der Waals surface area contributed by atoms with Crippen molar-refractivity contribution in [1.82, 2.24) is 15.2 Å². The van der Waals surface area contributed by atoms with E-state index in [1.165, 1.54) is 56.9 Å². The first-order chi connectivity index (χ1) is 19.4. The number of rotatable bonds is 3. The molecule has 4 nitrogen and oxygen atoms in total. The lowest BCUT2D eigenvalue weighted by molar-refractivity contribution is -0.237. The number of nitrogens with zero attached hydrogens (tertiary/aromatic N) is 3. The number of hydrogen-bond donors (Lipinski definition) is 0. The van der Waals surface area contributed by atoms with Gasteiger partial charge in [0.2, 0.25) is 11.8 Å². The fourth-order valence-electron chi connectivity index (χ4n) is 12.7. The van der Waals surface area contributed by atoms with Gasteiger partial charge in [-0.1, -0.05) is 53.7 Å². The smallest absolute Gasteiger partial charge is 0.249 e. The highest BCUT2D eigenvalue weighted by Gasteiger charge is 2.71. The Labute approximate surface area is 248 Å². The molecular weight excluding hydrogens is 502 g/mol. The van der Waals surface area contributed by atoms with Gasteiger partial charge in [0, 0.05) is 12.4 Å². The maximum Gasteiger partial charge on any atom is 0.249 e. The van der Waals surface area contributed by atoms with Crippen LogP contribution in [0, 0.1) is 57.2 Å². The van der Waals surface area contributed by atoms with Crippen molar-refractivity contribution in [3.63, 3.8) is 0 Å². The Kier molecular flexibility index (Phi) is 6.13. The molecular formula is C37H53N3O. The lowest BCUT2D eigenvalue weighted by Crippen LogP contribution is -2.66. The molecule has 41 heavy (non-hydrogen) atoms. The Morgan fingerprint density at radius 3 is 2.41 bits per heavy atom. The molecule has 0 bridgehead atoms. The number of hydrogen-bond acceptors (Lipinski definition) is 4. The Hall–Kier alpha value is -1.97. The molecule has 0 aliphatic heterocycles. The Morgan fingerprint density at radius 1 is 0.878 bits per heavy atom. The van der Waals surface area contributed by atoms with Gasteiger partial charge in [-0.3, -0.25) is 4.98 Å². The van der Waals surface area contributed by atoms with Gasteiger partial charge in [0.15, 0.2) is 0 Å². The second-order valence-corrected chi connectivity index (χ2v) is 16.8. The number of fused-ring (bicyclic) bond motifs is 7. The summed E-state index contributed by atoms with van der Waals surface area (Å²) in [6.07, 6.45) is 16.7. The minimum Gasteiger partial charge on any atom is -0.420 e. The van der Waals surface area contributed by atoms with E-state index in [-0.39, 0.29) is 5.41 Å². The van der Waals surface area contributed by atoms with Crippen molar-refractivity contribution >= 4 is 0 Å². The van der Waals surface area contributed by atoms with Gasteiger partial charge in [-0.15, -0.1) is 10.2 Å². The summed E-state index contributed by atoms with van der Waals surface area (Å²) < 4.78 is 6.61. The molecule has 0 aromatic carbocycles. The van der Waals surface area contributed by atoms with E-state index in [1.807, 2.05) is 18.3 Å². The second kappa shape index (κ2) is 9.02. The Balaban J connectivity index is 1.28. The van der Waals surface area contributed by atoms with Crippen LogP contribution >= 0.6 is 0 Å². The molecule has 0 spiro atoms. The van der Waals surface area contributed by atoms with E-state index in [0.29, 0.717) is 45.3 Å². The van der Waals surface area contributed by atoms with Crippen molar-refractivity contribution in [2.45, 2.75) is 118 Å². The molecule has 5 saturated carbocycles. The first kappa shape index (κ1) is 27.8. The Bertz CT molecular complexity index is 1330. The van der Waals surface area contributed by atoms with Gasteiger partial charge < -0.3 is 4.42 Å². The predicted octanol–water partition coefficient (Wildman–Crippen LogP) is 9.68. The molecule has 222 valence electrons. The van der Waals surface area contributed by atoms with E-state index < -0.39 is 0 Å². The normalized spacial score (nSPS) is 46.6. The zero-order chi connectivity index (χ0) is 29.0. The van der Waals surface area contributed by atoms with Gasteiger partial charge in [0.05, 0.1) is 11.0 Å². The molecule has 5 fully saturated rings. The highest BCUT2D eigenvalue weighted by molar-refractivity contribution is 5.50. The fraction of sp³-hybridized carbons (Fsp3) is 0.757. The largest absolute Gasteiger partial charge is 0.420 e. The van der Waals surface area contributed by atoms with Gasteiger partial charge in [0.25, 0.3) is 0 Å². The fourth-order valence-corrected chi connectivity index (χ4v) is 12.7. The third kappa shape index (κ3) is 3.54. The molecule has 0 amide bonds. The number of allylic oxidation sites excluding steroid dienone is 1. The van der Waals surface area contributed by atoms with E-state index in [9.17, 15) is 0 Å². The summed E-state index contributed by atoms with van der Waals surface area (Å²) in [7, 11) is 0. The molecule has 0 radical (unpaired) electrons. The summed E-state index contributed by atoms with van der Waals surface area (Å²) in [5.41, 5.74) is 3.84. The van der Waals surface area contributed by atoms with Crippen molar-refractivity contribution in [3.05, 3.63) is 42.6 Å². The first-order valence-electron chi connectivity index (χ1n) is 16.8. The standard InChI is InChI=1S/C37H53N3O/c1-23(2)26-14-18-37(32-40-39-31(41-32)25-10-9-21-38-22-25)20-19-35(7)27(30(26)37)11-12-29-34(6)16-13-24(3)33(4,5)28(34)15-17-36(29,35)8/h9-10,21-22,24,26-30H,1,11-20H2,2-8H3/t24-,26-,27+,28-,29+,30+,34-,35+,36+,37-/m0/s1. The van der Waals surface area contributed by atoms with Crippen LogP contribution in [0.1, 0.15) is 119 Å². The summed E-state index contributed by atoms with van der Waals surface area (Å²) in [4.78, 5) is 4.30. The zero-order valence-corrected chi connectivity index (χ0v) is 26.8. The summed E-state index contributed by atoms with van der Waals surface area (Å²) >= 11 is 0. The van der Waals surface area contributed by atoms with E-state index >= 15 is 0 Å². The molecule has 10 atom stereocenters. The number of pyridine rings is 1. The molecule has 4 heteroatoms. The number of aromatic nitrogens is 3. The molecule has 5 aliphatic rings. The van der Waals surface area contributed by atoms with Crippen molar-refractivity contribution in [3.8, 4) is 11.5 Å². The lowest BCUT2D eigenvalue weighted by Gasteiger charge is -2.73. The van der Waals surface area contributed by atoms with Gasteiger partial charge in [-0.25, -0.2) is 0 Å². The molecule has 7 rings (SSSR count). The zero-order valence-electron chi connectivity index (χ0n) is 26.8. The molecule has 0 saturated heterocycles. The van der Waals surface area contributed by atoms with Crippen LogP contribution in [-0.4, -0.2) is 15.2 Å². The van der Waals surface area contributed by atoms with Crippen molar-refractivity contribution < 1.29 is 4.42 Å². The predicted molar refractivity (Wildman–Crippen MR) is 165 cm³/mol. The van der Waals surface area contributed by atoms with Crippen LogP contribution in [-0.2, 0) is 5.41 Å². The SMILES string of the molecule is C=C(C)[C@@H]1CC[C@]2(c3nnc(-c4cccnc4)o3)CC[C@]3(C)[C@H](CC[C@@H]4[C@@]5(C)CC[C@H](C)C(C)(C)[C@@H]5CC[C@]43C)[C@@H]12. The lowest BCUT2D eigenvalue weighted by atomic mass is 9.32. The van der Waals surface area contributed by atoms with E-state index in [0.717, 1.165) is 42.0 Å². The third-order valence-corrected chi connectivity index (χ3v) is 15.4. The van der Waals surface area contributed by atoms with Gasteiger partial charge in [-0.05, 0) is 140 Å². The minimum absolute atomic E-state index is 0.0339. The average Bonchev–Trinajstić information content (AvgIpc) is 3.59. The van der Waals surface area contributed by atoms with Crippen LogP contribution in [0.15, 0.2) is 41.1 Å². The topological polar surface area (TPSA) is 51.8 Å². The average molecular weight is 556 g/mol. The van der Waals surface area contributed by atoms with E-state index in [1.54, 1.807) is 6.20 Å². The Morgan fingerprint density at radius 2 is 1.68 bits per heavy atom. The van der Waals surface area contributed by atoms with E-state index in [2.05, 4.69) is 65.1 Å². The van der Waals surface area contributed by atoms with Crippen LogP contribution < -0.4 is 0 Å². The quantitative estimate of drug-likeness (QED) is 0.354. The molecule has 2 aromatic heterocycles.